The summed E-state index contributed by atoms with van der Waals surface area (Å²) >= 11 is 0. The summed E-state index contributed by atoms with van der Waals surface area (Å²) in [4.78, 5) is 2.15. The molecule has 0 unspecified atom stereocenters. The van der Waals surface area contributed by atoms with Gasteiger partial charge in [-0.15, -0.1) is 0 Å². The molecule has 0 spiro atoms. The Balaban J connectivity index is 2.03. The van der Waals surface area contributed by atoms with E-state index < -0.39 is 0 Å². The summed E-state index contributed by atoms with van der Waals surface area (Å²) in [7, 11) is 4.13. The Bertz CT molecular complexity index is 448. The van der Waals surface area contributed by atoms with E-state index in [1.54, 1.807) is 0 Å². The Morgan fingerprint density at radius 2 is 1.41 bits per heavy atom. The van der Waals surface area contributed by atoms with Gasteiger partial charge in [-0.2, -0.15) is 0 Å². The number of ether oxygens (including phenoxy) is 1. The van der Waals surface area contributed by atoms with E-state index >= 15 is 0 Å². The molecule has 2 aromatic carbocycles. The molecule has 0 bridgehead atoms. The maximum atomic E-state index is 5.72. The third kappa shape index (κ3) is 3.61. The number of para-hydroxylation sites is 1. The van der Waals surface area contributed by atoms with E-state index in [2.05, 4.69) is 31.1 Å². The maximum absolute atomic E-state index is 5.72. The van der Waals surface area contributed by atoms with Gasteiger partial charge in [0.25, 0.3) is 0 Å². The number of hydrogen-bond acceptors (Lipinski definition) is 2. The lowest BCUT2D eigenvalue weighted by Gasteiger charge is -2.10. The van der Waals surface area contributed by atoms with Crippen LogP contribution in [0.4, 0.5) is 0 Å². The predicted octanol–water partition coefficient (Wildman–Crippen LogP) is 3.54. The van der Waals surface area contributed by atoms with Crippen LogP contribution in [0, 0.1) is 0 Å². The van der Waals surface area contributed by atoms with Crippen molar-refractivity contribution >= 4 is 0 Å². The molecule has 88 valence electrons. The summed E-state index contributed by atoms with van der Waals surface area (Å²) in [5.41, 5.74) is 1.29. The molecule has 0 aliphatic heterocycles. The molecule has 0 N–H and O–H groups in total. The molecule has 0 heterocycles. The standard InChI is InChI=1S/C15H17NO/c1-16(2)12-13-8-10-15(11-9-13)17-14-6-4-3-5-7-14/h3-11H,12H2,1-2H3. The molecular weight excluding hydrogens is 210 g/mol. The molecule has 0 atom stereocenters. The van der Waals surface area contributed by atoms with E-state index in [4.69, 9.17) is 4.74 Å². The van der Waals surface area contributed by atoms with Crippen molar-refractivity contribution in [2.45, 2.75) is 6.54 Å². The van der Waals surface area contributed by atoms with Gasteiger partial charge in [0.05, 0.1) is 0 Å². The number of rotatable bonds is 4. The second kappa shape index (κ2) is 5.51. The lowest BCUT2D eigenvalue weighted by atomic mass is 10.2. The van der Waals surface area contributed by atoms with Crippen molar-refractivity contribution in [2.75, 3.05) is 14.1 Å². The molecule has 2 heteroatoms. The van der Waals surface area contributed by atoms with Gasteiger partial charge in [-0.3, -0.25) is 0 Å². The molecule has 0 saturated carbocycles. The molecule has 0 saturated heterocycles. The van der Waals surface area contributed by atoms with Crippen molar-refractivity contribution in [1.29, 1.82) is 0 Å². The number of benzene rings is 2. The highest BCUT2D eigenvalue weighted by molar-refractivity contribution is 5.32. The minimum absolute atomic E-state index is 0.868. The van der Waals surface area contributed by atoms with Crippen molar-refractivity contribution in [3.8, 4) is 11.5 Å². The second-order valence-corrected chi connectivity index (χ2v) is 4.30. The summed E-state index contributed by atoms with van der Waals surface area (Å²) in [6.45, 7) is 0.950. The van der Waals surface area contributed by atoms with E-state index in [9.17, 15) is 0 Å². The van der Waals surface area contributed by atoms with Crippen LogP contribution in [0.1, 0.15) is 5.56 Å². The van der Waals surface area contributed by atoms with E-state index in [-0.39, 0.29) is 0 Å². The summed E-state index contributed by atoms with van der Waals surface area (Å²) in [6, 6.07) is 18.0. The largest absolute Gasteiger partial charge is 0.457 e. The Labute approximate surface area is 102 Å². The van der Waals surface area contributed by atoms with Crippen LogP contribution in [0.2, 0.25) is 0 Å². The topological polar surface area (TPSA) is 12.5 Å². The van der Waals surface area contributed by atoms with E-state index in [0.29, 0.717) is 0 Å². The number of hydrogen-bond donors (Lipinski definition) is 0. The Hall–Kier alpha value is -1.80. The first kappa shape index (κ1) is 11.7. The Kier molecular flexibility index (Phi) is 3.78. The van der Waals surface area contributed by atoms with Gasteiger partial charge in [0.1, 0.15) is 11.5 Å². The highest BCUT2D eigenvalue weighted by Gasteiger charge is 1.98. The van der Waals surface area contributed by atoms with Crippen LogP contribution in [0.3, 0.4) is 0 Å². The monoisotopic (exact) mass is 227 g/mol. The molecule has 2 aromatic rings. The molecule has 2 nitrogen and oxygen atoms in total. The lowest BCUT2D eigenvalue weighted by molar-refractivity contribution is 0.402. The number of nitrogens with zero attached hydrogens (tertiary/aromatic N) is 1. The van der Waals surface area contributed by atoms with Gasteiger partial charge in [0, 0.05) is 6.54 Å². The summed E-state index contributed by atoms with van der Waals surface area (Å²) in [6.07, 6.45) is 0. The third-order valence-electron chi connectivity index (χ3n) is 2.40. The first-order valence-corrected chi connectivity index (χ1v) is 5.70. The SMILES string of the molecule is CN(C)Cc1ccc(Oc2ccccc2)cc1. The van der Waals surface area contributed by atoms with Crippen molar-refractivity contribution in [3.63, 3.8) is 0 Å². The smallest absolute Gasteiger partial charge is 0.127 e. The fourth-order valence-electron chi connectivity index (χ4n) is 1.65. The van der Waals surface area contributed by atoms with Gasteiger partial charge in [-0.25, -0.2) is 0 Å². The van der Waals surface area contributed by atoms with Gasteiger partial charge in [-0.05, 0) is 43.9 Å². The average molecular weight is 227 g/mol. The van der Waals surface area contributed by atoms with E-state index in [0.717, 1.165) is 18.0 Å². The molecule has 0 amide bonds. The third-order valence-corrected chi connectivity index (χ3v) is 2.40. The van der Waals surface area contributed by atoms with Gasteiger partial charge in [-0.1, -0.05) is 30.3 Å². The quantitative estimate of drug-likeness (QED) is 0.792. The van der Waals surface area contributed by atoms with Gasteiger partial charge >= 0.3 is 0 Å². The zero-order valence-electron chi connectivity index (χ0n) is 10.3. The first-order valence-electron chi connectivity index (χ1n) is 5.70. The van der Waals surface area contributed by atoms with Crippen LogP contribution in [0.5, 0.6) is 11.5 Å². The molecule has 0 aliphatic carbocycles. The van der Waals surface area contributed by atoms with Crippen LogP contribution in [0.25, 0.3) is 0 Å². The lowest BCUT2D eigenvalue weighted by Crippen LogP contribution is -2.10. The average Bonchev–Trinajstić information content (AvgIpc) is 2.32. The van der Waals surface area contributed by atoms with E-state index in [1.165, 1.54) is 5.56 Å². The Morgan fingerprint density at radius 1 is 0.824 bits per heavy atom. The highest BCUT2D eigenvalue weighted by atomic mass is 16.5. The van der Waals surface area contributed by atoms with Gasteiger partial charge in [0.15, 0.2) is 0 Å². The van der Waals surface area contributed by atoms with Crippen molar-refractivity contribution < 1.29 is 4.74 Å². The fourth-order valence-corrected chi connectivity index (χ4v) is 1.65. The van der Waals surface area contributed by atoms with E-state index in [1.807, 2.05) is 42.5 Å². The predicted molar refractivity (Wildman–Crippen MR) is 70.3 cm³/mol. The first-order chi connectivity index (χ1) is 8.24. The zero-order chi connectivity index (χ0) is 12.1. The van der Waals surface area contributed by atoms with Crippen molar-refractivity contribution in [3.05, 3.63) is 60.2 Å². The van der Waals surface area contributed by atoms with Crippen molar-refractivity contribution in [2.24, 2.45) is 0 Å². The minimum Gasteiger partial charge on any atom is -0.457 e. The van der Waals surface area contributed by atoms with Crippen LogP contribution >= 0.6 is 0 Å². The van der Waals surface area contributed by atoms with Crippen LogP contribution in [-0.4, -0.2) is 19.0 Å². The van der Waals surface area contributed by atoms with Gasteiger partial charge < -0.3 is 9.64 Å². The van der Waals surface area contributed by atoms with Crippen molar-refractivity contribution in [1.82, 2.24) is 4.90 Å². The summed E-state index contributed by atoms with van der Waals surface area (Å²) < 4.78 is 5.72. The molecule has 0 fully saturated rings. The highest BCUT2D eigenvalue weighted by Crippen LogP contribution is 2.21. The zero-order valence-corrected chi connectivity index (χ0v) is 10.3. The van der Waals surface area contributed by atoms with Gasteiger partial charge in [0.2, 0.25) is 0 Å². The molecule has 0 radical (unpaired) electrons. The normalized spacial score (nSPS) is 10.5. The second-order valence-electron chi connectivity index (χ2n) is 4.30. The minimum atomic E-state index is 0.868. The molecule has 17 heavy (non-hydrogen) atoms. The summed E-state index contributed by atoms with van der Waals surface area (Å²) in [5.74, 6) is 1.74. The van der Waals surface area contributed by atoms with Crippen LogP contribution in [-0.2, 0) is 6.54 Å². The maximum Gasteiger partial charge on any atom is 0.127 e. The molecular formula is C15H17NO. The Morgan fingerprint density at radius 3 is 2.00 bits per heavy atom. The van der Waals surface area contributed by atoms with Crippen LogP contribution < -0.4 is 4.74 Å². The van der Waals surface area contributed by atoms with Crippen LogP contribution in [0.15, 0.2) is 54.6 Å². The summed E-state index contributed by atoms with van der Waals surface area (Å²) in [5, 5.41) is 0. The molecule has 2 rings (SSSR count). The molecule has 0 aromatic heterocycles. The molecule has 0 aliphatic rings. The fraction of sp³-hybridized carbons (Fsp3) is 0.200.